The molecule has 6 heteroatoms. The molecule has 0 fully saturated rings. The van der Waals surface area contributed by atoms with Gasteiger partial charge in [0.25, 0.3) is 5.89 Å². The molecule has 0 bridgehead atoms. The molecule has 0 radical (unpaired) electrons. The fourth-order valence-electron chi connectivity index (χ4n) is 3.64. The molecule has 1 amide bonds. The molecule has 1 atom stereocenters. The first-order valence-electron chi connectivity index (χ1n) is 8.74. The van der Waals surface area contributed by atoms with Crippen molar-refractivity contribution in [2.24, 2.45) is 0 Å². The lowest BCUT2D eigenvalue weighted by atomic mass is 9.83. The highest BCUT2D eigenvalue weighted by atomic mass is 32.2. The van der Waals surface area contributed by atoms with Crippen LogP contribution in [0.2, 0.25) is 0 Å². The summed E-state index contributed by atoms with van der Waals surface area (Å²) in [5.41, 5.74) is 4.55. The summed E-state index contributed by atoms with van der Waals surface area (Å²) in [6, 6.07) is 14.4. The number of anilines is 1. The van der Waals surface area contributed by atoms with Crippen molar-refractivity contribution >= 4 is 23.4 Å². The number of nitrogens with zero attached hydrogens (tertiary/aromatic N) is 2. The molecule has 5 rings (SSSR count). The van der Waals surface area contributed by atoms with Crippen molar-refractivity contribution in [1.29, 1.82) is 0 Å². The van der Waals surface area contributed by atoms with E-state index in [1.807, 2.05) is 18.2 Å². The summed E-state index contributed by atoms with van der Waals surface area (Å²) in [7, 11) is 0. The van der Waals surface area contributed by atoms with E-state index < -0.39 is 0 Å². The summed E-state index contributed by atoms with van der Waals surface area (Å²) in [6.45, 7) is 0. The predicted molar refractivity (Wildman–Crippen MR) is 100 cm³/mol. The minimum atomic E-state index is 0.0351. The van der Waals surface area contributed by atoms with Crippen molar-refractivity contribution in [2.45, 2.75) is 30.1 Å². The maximum absolute atomic E-state index is 11.5. The fraction of sp³-hybridized carbons (Fsp3) is 0.250. The number of amides is 1. The molecule has 0 saturated heterocycles. The number of carbonyl (C=O) groups excluding carboxylic acids is 1. The van der Waals surface area contributed by atoms with Crippen LogP contribution in [0, 0.1) is 0 Å². The molecule has 1 aliphatic carbocycles. The van der Waals surface area contributed by atoms with Gasteiger partial charge in [-0.3, -0.25) is 4.79 Å². The zero-order valence-electron chi connectivity index (χ0n) is 14.1. The van der Waals surface area contributed by atoms with Crippen LogP contribution in [0.1, 0.15) is 29.3 Å². The lowest BCUT2D eigenvalue weighted by molar-refractivity contribution is -0.113. The Kier molecular flexibility index (Phi) is 3.78. The molecule has 5 nitrogen and oxygen atoms in total. The molecule has 3 aromatic rings. The van der Waals surface area contributed by atoms with Gasteiger partial charge < -0.3 is 9.84 Å². The summed E-state index contributed by atoms with van der Waals surface area (Å²) in [6.07, 6.45) is 3.06. The van der Waals surface area contributed by atoms with Crippen LogP contribution in [0.5, 0.6) is 0 Å². The Bertz CT molecular complexity index is 998. The van der Waals surface area contributed by atoms with Crippen LogP contribution in [0.15, 0.2) is 51.9 Å². The van der Waals surface area contributed by atoms with E-state index in [1.165, 1.54) is 22.9 Å². The van der Waals surface area contributed by atoms with Gasteiger partial charge in [-0.05, 0) is 48.6 Å². The van der Waals surface area contributed by atoms with Gasteiger partial charge in [0.05, 0.1) is 11.4 Å². The van der Waals surface area contributed by atoms with Crippen molar-refractivity contribution in [3.63, 3.8) is 0 Å². The quantitative estimate of drug-likeness (QED) is 0.744. The monoisotopic (exact) mass is 363 g/mol. The van der Waals surface area contributed by atoms with Gasteiger partial charge in [0.1, 0.15) is 0 Å². The molecule has 1 N–H and O–H groups in total. The predicted octanol–water partition coefficient (Wildman–Crippen LogP) is 4.05. The SMILES string of the molecule is O=C1CSc2cc(-c3nc(C4CCc5ccccc5C4)no3)ccc2N1. The summed E-state index contributed by atoms with van der Waals surface area (Å²) in [4.78, 5) is 17.2. The van der Waals surface area contributed by atoms with Gasteiger partial charge in [-0.1, -0.05) is 29.4 Å². The largest absolute Gasteiger partial charge is 0.334 e. The number of thioether (sulfide) groups is 1. The van der Waals surface area contributed by atoms with Crippen molar-refractivity contribution in [2.75, 3.05) is 11.1 Å². The molecule has 1 aliphatic heterocycles. The van der Waals surface area contributed by atoms with E-state index in [9.17, 15) is 4.79 Å². The zero-order chi connectivity index (χ0) is 17.5. The first-order valence-corrected chi connectivity index (χ1v) is 9.72. The molecule has 0 saturated carbocycles. The number of fused-ring (bicyclic) bond motifs is 2. The Labute approximate surface area is 155 Å². The average molecular weight is 363 g/mol. The van der Waals surface area contributed by atoms with Crippen molar-refractivity contribution in [3.05, 3.63) is 59.4 Å². The van der Waals surface area contributed by atoms with Crippen LogP contribution in [0.4, 0.5) is 5.69 Å². The molecule has 2 aliphatic rings. The lowest BCUT2D eigenvalue weighted by Gasteiger charge is -2.21. The number of aryl methyl sites for hydroxylation is 1. The van der Waals surface area contributed by atoms with E-state index in [1.54, 1.807) is 0 Å². The normalized spacial score (nSPS) is 18.8. The van der Waals surface area contributed by atoms with Gasteiger partial charge in [0.2, 0.25) is 5.91 Å². The van der Waals surface area contributed by atoms with Crippen molar-refractivity contribution in [1.82, 2.24) is 10.1 Å². The Balaban J connectivity index is 1.40. The Morgan fingerprint density at radius 3 is 2.96 bits per heavy atom. The van der Waals surface area contributed by atoms with Gasteiger partial charge in [-0.2, -0.15) is 4.98 Å². The van der Waals surface area contributed by atoms with E-state index >= 15 is 0 Å². The smallest absolute Gasteiger partial charge is 0.257 e. The van der Waals surface area contributed by atoms with Crippen LogP contribution in [-0.4, -0.2) is 21.8 Å². The highest BCUT2D eigenvalue weighted by Crippen LogP contribution is 2.36. The lowest BCUT2D eigenvalue weighted by Crippen LogP contribution is -2.18. The average Bonchev–Trinajstić information content (AvgIpc) is 3.17. The zero-order valence-corrected chi connectivity index (χ0v) is 14.9. The molecule has 130 valence electrons. The number of hydrogen-bond donors (Lipinski definition) is 1. The van der Waals surface area contributed by atoms with E-state index in [2.05, 4.69) is 39.7 Å². The Morgan fingerprint density at radius 1 is 1.15 bits per heavy atom. The maximum atomic E-state index is 11.5. The van der Waals surface area contributed by atoms with Gasteiger partial charge in [-0.15, -0.1) is 11.8 Å². The standard InChI is InChI=1S/C20H17N3O2S/c24-18-11-26-17-10-15(7-8-16(17)21-18)20-22-19(23-25-20)14-6-5-12-3-1-2-4-13(12)9-14/h1-4,7-8,10,14H,5-6,9,11H2,(H,21,24). The summed E-state index contributed by atoms with van der Waals surface area (Å²) in [5.74, 6) is 2.10. The third-order valence-corrected chi connectivity index (χ3v) is 6.07. The van der Waals surface area contributed by atoms with Crippen LogP contribution in [-0.2, 0) is 17.6 Å². The minimum absolute atomic E-state index is 0.0351. The number of hydrogen-bond acceptors (Lipinski definition) is 5. The number of nitrogens with one attached hydrogen (secondary N) is 1. The fourth-order valence-corrected chi connectivity index (χ4v) is 4.49. The molecule has 0 spiro atoms. The summed E-state index contributed by atoms with van der Waals surface area (Å²) in [5, 5.41) is 7.13. The molecule has 1 aromatic heterocycles. The van der Waals surface area contributed by atoms with Gasteiger partial charge in [0, 0.05) is 16.4 Å². The third kappa shape index (κ3) is 2.80. The molecular weight excluding hydrogens is 346 g/mol. The molecule has 2 aromatic carbocycles. The van der Waals surface area contributed by atoms with Crippen LogP contribution in [0.3, 0.4) is 0 Å². The maximum Gasteiger partial charge on any atom is 0.257 e. The van der Waals surface area contributed by atoms with E-state index in [0.29, 0.717) is 17.6 Å². The Hall–Kier alpha value is -2.60. The van der Waals surface area contributed by atoms with Crippen LogP contribution in [0.25, 0.3) is 11.5 Å². The van der Waals surface area contributed by atoms with E-state index in [0.717, 1.165) is 41.2 Å². The highest BCUT2D eigenvalue weighted by molar-refractivity contribution is 8.00. The first kappa shape index (κ1) is 15.6. The van der Waals surface area contributed by atoms with E-state index in [4.69, 9.17) is 4.52 Å². The van der Waals surface area contributed by atoms with Crippen molar-refractivity contribution in [3.8, 4) is 11.5 Å². The van der Waals surface area contributed by atoms with Gasteiger partial charge >= 0.3 is 0 Å². The topological polar surface area (TPSA) is 68.0 Å². The third-order valence-electron chi connectivity index (χ3n) is 5.02. The van der Waals surface area contributed by atoms with Gasteiger partial charge in [-0.25, -0.2) is 0 Å². The number of aromatic nitrogens is 2. The second-order valence-corrected chi connectivity index (χ2v) is 7.73. The molecule has 26 heavy (non-hydrogen) atoms. The van der Waals surface area contributed by atoms with Crippen molar-refractivity contribution < 1.29 is 9.32 Å². The summed E-state index contributed by atoms with van der Waals surface area (Å²) < 4.78 is 5.55. The van der Waals surface area contributed by atoms with Gasteiger partial charge in [0.15, 0.2) is 5.82 Å². The van der Waals surface area contributed by atoms with E-state index in [-0.39, 0.29) is 5.91 Å². The van der Waals surface area contributed by atoms with Crippen LogP contribution < -0.4 is 5.32 Å². The highest BCUT2D eigenvalue weighted by Gasteiger charge is 2.25. The number of carbonyl (C=O) groups is 1. The second kappa shape index (κ2) is 6.29. The first-order chi connectivity index (χ1) is 12.8. The van der Waals surface area contributed by atoms with Crippen LogP contribution >= 0.6 is 11.8 Å². The molecular formula is C20H17N3O2S. The second-order valence-electron chi connectivity index (χ2n) is 6.71. The number of benzene rings is 2. The Morgan fingerprint density at radius 2 is 2.04 bits per heavy atom. The molecule has 1 unspecified atom stereocenters. The minimum Gasteiger partial charge on any atom is -0.334 e. The summed E-state index contributed by atoms with van der Waals surface area (Å²) >= 11 is 1.53. The molecule has 2 heterocycles. The number of rotatable bonds is 2.